The van der Waals surface area contributed by atoms with Crippen molar-refractivity contribution in [3.05, 3.63) is 64.7 Å². The number of benzene rings is 2. The van der Waals surface area contributed by atoms with Crippen molar-refractivity contribution in [3.8, 4) is 0 Å². The Kier molecular flexibility index (Phi) is 4.37. The molecule has 0 unspecified atom stereocenters. The van der Waals surface area contributed by atoms with E-state index >= 15 is 0 Å². The summed E-state index contributed by atoms with van der Waals surface area (Å²) in [4.78, 5) is 0. The molecule has 0 aliphatic carbocycles. The molecule has 4 N–H and O–H groups in total. The maximum Gasteiger partial charge on any atom is 0.170 e. The number of rotatable bonds is 4. The quantitative estimate of drug-likeness (QED) is 0.351. The van der Waals surface area contributed by atoms with Crippen LogP contribution in [0.1, 0.15) is 16.7 Å². The first-order valence-electron chi connectivity index (χ1n) is 6.27. The Morgan fingerprint density at radius 1 is 1.24 bits per heavy atom. The van der Waals surface area contributed by atoms with Crippen LogP contribution in [0.5, 0.6) is 0 Å². The largest absolute Gasteiger partial charge is 0.409 e. The molecule has 0 spiro atoms. The molecule has 0 heterocycles. The van der Waals surface area contributed by atoms with Crippen LogP contribution in [0.15, 0.2) is 41.6 Å². The summed E-state index contributed by atoms with van der Waals surface area (Å²) in [7, 11) is 0. The van der Waals surface area contributed by atoms with Crippen LogP contribution in [0.4, 0.5) is 14.5 Å². The van der Waals surface area contributed by atoms with Crippen LogP contribution in [0.3, 0.4) is 0 Å². The lowest BCUT2D eigenvalue weighted by molar-refractivity contribution is 0.318. The van der Waals surface area contributed by atoms with Gasteiger partial charge in [0.1, 0.15) is 11.6 Å². The van der Waals surface area contributed by atoms with Crippen LogP contribution in [0, 0.1) is 18.6 Å². The summed E-state index contributed by atoms with van der Waals surface area (Å²) in [6.45, 7) is 2.19. The predicted octanol–water partition coefficient (Wildman–Crippen LogP) is 2.98. The summed E-state index contributed by atoms with van der Waals surface area (Å²) in [5, 5.41) is 14.4. The summed E-state index contributed by atoms with van der Waals surface area (Å²) < 4.78 is 26.6. The molecule has 0 aliphatic rings. The molecule has 110 valence electrons. The zero-order valence-electron chi connectivity index (χ0n) is 11.4. The molecule has 0 saturated heterocycles. The van der Waals surface area contributed by atoms with Crippen molar-refractivity contribution in [2.24, 2.45) is 10.9 Å². The van der Waals surface area contributed by atoms with Crippen LogP contribution in [-0.4, -0.2) is 11.0 Å². The Morgan fingerprint density at radius 2 is 2.00 bits per heavy atom. The van der Waals surface area contributed by atoms with Gasteiger partial charge in [-0.1, -0.05) is 17.3 Å². The summed E-state index contributed by atoms with van der Waals surface area (Å²) in [6, 6.07) is 8.49. The number of nitrogens with two attached hydrogens (primary N) is 1. The summed E-state index contributed by atoms with van der Waals surface area (Å²) >= 11 is 0. The molecule has 2 rings (SSSR count). The highest BCUT2D eigenvalue weighted by Crippen LogP contribution is 2.18. The molecule has 0 saturated carbocycles. The van der Waals surface area contributed by atoms with E-state index < -0.39 is 11.6 Å². The molecule has 0 bridgehead atoms. The van der Waals surface area contributed by atoms with E-state index in [1.165, 1.54) is 0 Å². The average molecular weight is 291 g/mol. The van der Waals surface area contributed by atoms with E-state index in [9.17, 15) is 8.78 Å². The molecule has 2 aromatic carbocycles. The van der Waals surface area contributed by atoms with E-state index in [-0.39, 0.29) is 11.5 Å². The molecule has 0 atom stereocenters. The minimum Gasteiger partial charge on any atom is -0.409 e. The first-order chi connectivity index (χ1) is 10.0. The average Bonchev–Trinajstić information content (AvgIpc) is 2.48. The zero-order valence-corrected chi connectivity index (χ0v) is 11.4. The molecule has 0 amide bonds. The number of hydrogen-bond donors (Lipinski definition) is 3. The van der Waals surface area contributed by atoms with Gasteiger partial charge in [-0.05, 0) is 42.3 Å². The van der Waals surface area contributed by atoms with Crippen molar-refractivity contribution in [2.45, 2.75) is 13.5 Å². The van der Waals surface area contributed by atoms with E-state index in [4.69, 9.17) is 10.9 Å². The highest BCUT2D eigenvalue weighted by Gasteiger charge is 2.06. The number of oxime groups is 1. The highest BCUT2D eigenvalue weighted by molar-refractivity contribution is 5.97. The fourth-order valence-electron chi connectivity index (χ4n) is 1.93. The SMILES string of the molecule is Cc1cc(/C(N)=N/O)ccc1CNc1cc(F)ccc1F. The molecule has 6 heteroatoms. The molecule has 0 aromatic heterocycles. The normalized spacial score (nSPS) is 11.5. The number of aryl methyl sites for hydroxylation is 1. The molecular formula is C15H15F2N3O. The van der Waals surface area contributed by atoms with Gasteiger partial charge < -0.3 is 16.3 Å². The van der Waals surface area contributed by atoms with Gasteiger partial charge in [-0.2, -0.15) is 0 Å². The molecule has 0 aliphatic heterocycles. The van der Waals surface area contributed by atoms with Gasteiger partial charge in [-0.25, -0.2) is 8.78 Å². The second-order valence-electron chi connectivity index (χ2n) is 4.60. The van der Waals surface area contributed by atoms with Gasteiger partial charge in [0, 0.05) is 12.1 Å². The maximum atomic E-state index is 13.5. The highest BCUT2D eigenvalue weighted by atomic mass is 19.1. The number of nitrogens with one attached hydrogen (secondary N) is 1. The number of halogens is 2. The van der Waals surface area contributed by atoms with E-state index in [1.54, 1.807) is 18.2 Å². The third-order valence-electron chi connectivity index (χ3n) is 3.14. The minimum atomic E-state index is -0.512. The Hall–Kier alpha value is -2.63. The summed E-state index contributed by atoms with van der Waals surface area (Å²) in [5.74, 6) is -0.992. The Labute approximate surface area is 120 Å². The summed E-state index contributed by atoms with van der Waals surface area (Å²) in [5.41, 5.74) is 8.00. The zero-order chi connectivity index (χ0) is 15.4. The first kappa shape index (κ1) is 14.8. The van der Waals surface area contributed by atoms with Gasteiger partial charge in [-0.3, -0.25) is 0 Å². The monoisotopic (exact) mass is 291 g/mol. The third-order valence-corrected chi connectivity index (χ3v) is 3.14. The van der Waals surface area contributed by atoms with E-state index in [0.717, 1.165) is 29.3 Å². The Morgan fingerprint density at radius 3 is 2.67 bits per heavy atom. The van der Waals surface area contributed by atoms with Crippen molar-refractivity contribution in [3.63, 3.8) is 0 Å². The smallest absolute Gasteiger partial charge is 0.170 e. The second-order valence-corrected chi connectivity index (χ2v) is 4.60. The van der Waals surface area contributed by atoms with Crippen LogP contribution < -0.4 is 11.1 Å². The fraction of sp³-hybridized carbons (Fsp3) is 0.133. The van der Waals surface area contributed by atoms with E-state index in [1.807, 2.05) is 6.92 Å². The third kappa shape index (κ3) is 3.47. The van der Waals surface area contributed by atoms with Crippen molar-refractivity contribution < 1.29 is 14.0 Å². The number of nitrogens with zero attached hydrogens (tertiary/aromatic N) is 1. The van der Waals surface area contributed by atoms with Gasteiger partial charge in [-0.15, -0.1) is 0 Å². The minimum absolute atomic E-state index is 0.0220. The van der Waals surface area contributed by atoms with Crippen molar-refractivity contribution >= 4 is 11.5 Å². The van der Waals surface area contributed by atoms with Crippen LogP contribution in [-0.2, 0) is 6.54 Å². The maximum absolute atomic E-state index is 13.5. The number of hydrogen-bond acceptors (Lipinski definition) is 3. The molecule has 21 heavy (non-hydrogen) atoms. The number of anilines is 1. The standard InChI is InChI=1S/C15H15F2N3O/c1-9-6-10(15(18)20-21)2-3-11(9)8-19-14-7-12(16)4-5-13(14)17/h2-7,19,21H,8H2,1H3,(H2,18,20). The van der Waals surface area contributed by atoms with Gasteiger partial charge in [0.15, 0.2) is 5.84 Å². The lowest BCUT2D eigenvalue weighted by Gasteiger charge is -2.11. The summed E-state index contributed by atoms with van der Waals surface area (Å²) in [6.07, 6.45) is 0. The van der Waals surface area contributed by atoms with Crippen molar-refractivity contribution in [1.82, 2.24) is 0 Å². The topological polar surface area (TPSA) is 70.6 Å². The fourth-order valence-corrected chi connectivity index (χ4v) is 1.93. The van der Waals surface area contributed by atoms with Gasteiger partial charge in [0.05, 0.1) is 5.69 Å². The van der Waals surface area contributed by atoms with Crippen molar-refractivity contribution in [1.29, 1.82) is 0 Å². The van der Waals surface area contributed by atoms with Crippen molar-refractivity contribution in [2.75, 3.05) is 5.32 Å². The lowest BCUT2D eigenvalue weighted by atomic mass is 10.0. The molecule has 2 aromatic rings. The molecular weight excluding hydrogens is 276 g/mol. The Bertz CT molecular complexity index is 687. The molecule has 0 radical (unpaired) electrons. The lowest BCUT2D eigenvalue weighted by Crippen LogP contribution is -2.13. The van der Waals surface area contributed by atoms with Crippen LogP contribution in [0.2, 0.25) is 0 Å². The predicted molar refractivity (Wildman–Crippen MR) is 77.4 cm³/mol. The number of amidine groups is 1. The van der Waals surface area contributed by atoms with Crippen LogP contribution in [0.25, 0.3) is 0 Å². The van der Waals surface area contributed by atoms with Gasteiger partial charge in [0.25, 0.3) is 0 Å². The van der Waals surface area contributed by atoms with Crippen LogP contribution >= 0.6 is 0 Å². The second kappa shape index (κ2) is 6.21. The van der Waals surface area contributed by atoms with Gasteiger partial charge >= 0.3 is 0 Å². The molecule has 0 fully saturated rings. The van der Waals surface area contributed by atoms with E-state index in [2.05, 4.69) is 10.5 Å². The van der Waals surface area contributed by atoms with Gasteiger partial charge in [0.2, 0.25) is 0 Å². The first-order valence-corrected chi connectivity index (χ1v) is 6.27. The molecule has 4 nitrogen and oxygen atoms in total. The Balaban J connectivity index is 2.15. The van der Waals surface area contributed by atoms with E-state index in [0.29, 0.717) is 12.1 Å².